The number of aromatic nitrogens is 1. The van der Waals surface area contributed by atoms with Crippen molar-refractivity contribution in [3.05, 3.63) is 59.9 Å². The summed E-state index contributed by atoms with van der Waals surface area (Å²) in [7, 11) is -1.67. The molecule has 126 valence electrons. The second-order valence-corrected chi connectivity index (χ2v) is 8.89. The normalized spacial score (nSPS) is 21.8. The molecule has 6 heteroatoms. The maximum absolute atomic E-state index is 13.1. The zero-order valence-electron chi connectivity index (χ0n) is 13.7. The molecule has 0 N–H and O–H groups in total. The summed E-state index contributed by atoms with van der Waals surface area (Å²) in [4.78, 5) is 6.38. The van der Waals surface area contributed by atoms with Gasteiger partial charge in [0.25, 0.3) is 0 Å². The fourth-order valence-electron chi connectivity index (χ4n) is 4.01. The number of benzene rings is 1. The summed E-state index contributed by atoms with van der Waals surface area (Å²) in [5.74, 6) is 0. The van der Waals surface area contributed by atoms with Crippen molar-refractivity contribution in [3.8, 4) is 0 Å². The van der Waals surface area contributed by atoms with Crippen molar-refractivity contribution in [1.82, 2.24) is 9.88 Å². The third-order valence-electron chi connectivity index (χ3n) is 5.41. The van der Waals surface area contributed by atoms with Crippen LogP contribution in [0, 0.1) is 0 Å². The minimum absolute atomic E-state index is 0.641. The summed E-state index contributed by atoms with van der Waals surface area (Å²) in [5.41, 5.74) is 3.02. The van der Waals surface area contributed by atoms with E-state index in [0.29, 0.717) is 12.8 Å². The Bertz CT molecular complexity index is 844. The Morgan fingerprint density at radius 2 is 1.75 bits per heavy atom. The predicted octanol–water partition coefficient (Wildman–Crippen LogP) is 2.35. The molecule has 0 radical (unpaired) electrons. The molecule has 0 unspecified atom stereocenters. The van der Waals surface area contributed by atoms with E-state index in [4.69, 9.17) is 0 Å². The van der Waals surface area contributed by atoms with Gasteiger partial charge in [-0.1, -0.05) is 18.2 Å². The van der Waals surface area contributed by atoms with Crippen molar-refractivity contribution in [3.63, 3.8) is 0 Å². The third kappa shape index (κ3) is 2.17. The number of fused-ring (bicyclic) bond motifs is 2. The average Bonchev–Trinajstić information content (AvgIpc) is 2.77. The Morgan fingerprint density at radius 3 is 2.46 bits per heavy atom. The molecule has 0 bridgehead atoms. The Balaban J connectivity index is 1.60. The first kappa shape index (κ1) is 15.6. The summed E-state index contributed by atoms with van der Waals surface area (Å²) in [6, 6.07) is 11.8. The fraction of sp³-hybridized carbons (Fsp3) is 0.389. The van der Waals surface area contributed by atoms with Crippen LogP contribution in [0.15, 0.2) is 48.8 Å². The zero-order chi connectivity index (χ0) is 16.8. The summed E-state index contributed by atoms with van der Waals surface area (Å²) < 4.78 is 26.9. The largest absolute Gasteiger partial charge is 0.299 e. The smallest absolute Gasteiger partial charge is 0.245 e. The quantitative estimate of drug-likeness (QED) is 0.840. The highest BCUT2D eigenvalue weighted by atomic mass is 32.2. The molecule has 24 heavy (non-hydrogen) atoms. The fourth-order valence-corrected chi connectivity index (χ4v) is 6.10. The number of hydrogen-bond acceptors (Lipinski definition) is 4. The van der Waals surface area contributed by atoms with Gasteiger partial charge in [0.05, 0.1) is 5.69 Å². The topological polar surface area (TPSA) is 53.5 Å². The number of rotatable bonds is 2. The molecule has 2 aliphatic heterocycles. The minimum Gasteiger partial charge on any atom is -0.299 e. The number of anilines is 1. The van der Waals surface area contributed by atoms with Gasteiger partial charge < -0.3 is 0 Å². The second-order valence-electron chi connectivity index (χ2n) is 6.62. The van der Waals surface area contributed by atoms with Gasteiger partial charge in [-0.05, 0) is 42.2 Å². The molecule has 2 aromatic rings. The highest BCUT2D eigenvalue weighted by molar-refractivity contribution is 7.94. The predicted molar refractivity (Wildman–Crippen MR) is 94.2 cm³/mol. The molecular formula is C18H21N3O2S. The monoisotopic (exact) mass is 343 g/mol. The van der Waals surface area contributed by atoms with E-state index in [0.717, 1.165) is 30.9 Å². The lowest BCUT2D eigenvalue weighted by atomic mass is 9.87. The van der Waals surface area contributed by atoms with Gasteiger partial charge in [0, 0.05) is 39.1 Å². The lowest BCUT2D eigenvalue weighted by molar-refractivity contribution is 0.189. The van der Waals surface area contributed by atoms with Crippen molar-refractivity contribution in [2.75, 3.05) is 24.4 Å². The first-order valence-electron chi connectivity index (χ1n) is 8.24. The van der Waals surface area contributed by atoms with Crippen LogP contribution in [-0.4, -0.2) is 38.4 Å². The van der Waals surface area contributed by atoms with Crippen LogP contribution in [0.5, 0.6) is 0 Å². The molecule has 5 nitrogen and oxygen atoms in total. The van der Waals surface area contributed by atoms with Crippen LogP contribution < -0.4 is 4.31 Å². The van der Waals surface area contributed by atoms with E-state index in [1.807, 2.05) is 36.4 Å². The van der Waals surface area contributed by atoms with Crippen molar-refractivity contribution >= 4 is 15.7 Å². The number of hydrogen-bond donors (Lipinski definition) is 0. The van der Waals surface area contributed by atoms with E-state index < -0.39 is 14.8 Å². The van der Waals surface area contributed by atoms with Gasteiger partial charge in [0.15, 0.2) is 0 Å². The maximum atomic E-state index is 13.1. The van der Waals surface area contributed by atoms with E-state index in [1.54, 1.807) is 19.4 Å². The number of likely N-dealkylation sites (tertiary alicyclic amines) is 1. The van der Waals surface area contributed by atoms with Crippen LogP contribution in [0.2, 0.25) is 0 Å². The van der Waals surface area contributed by atoms with Crippen LogP contribution in [0.25, 0.3) is 0 Å². The van der Waals surface area contributed by atoms with Gasteiger partial charge in [-0.2, -0.15) is 0 Å². The number of nitrogens with zero attached hydrogens (tertiary/aromatic N) is 3. The summed E-state index contributed by atoms with van der Waals surface area (Å²) >= 11 is 0. The molecule has 0 amide bonds. The van der Waals surface area contributed by atoms with E-state index in [9.17, 15) is 8.42 Å². The molecular weight excluding hydrogens is 322 g/mol. The highest BCUT2D eigenvalue weighted by Crippen LogP contribution is 2.51. The van der Waals surface area contributed by atoms with Gasteiger partial charge in [0.1, 0.15) is 4.75 Å². The molecule has 3 heterocycles. The van der Waals surface area contributed by atoms with Crippen LogP contribution in [0.1, 0.15) is 24.0 Å². The van der Waals surface area contributed by atoms with Crippen LogP contribution in [-0.2, 0) is 21.3 Å². The molecule has 1 spiro atoms. The van der Waals surface area contributed by atoms with Crippen molar-refractivity contribution < 1.29 is 8.42 Å². The van der Waals surface area contributed by atoms with Gasteiger partial charge in [-0.25, -0.2) is 8.42 Å². The van der Waals surface area contributed by atoms with Crippen LogP contribution >= 0.6 is 0 Å². The third-order valence-corrected chi connectivity index (χ3v) is 7.94. The van der Waals surface area contributed by atoms with Crippen LogP contribution in [0.3, 0.4) is 0 Å². The zero-order valence-corrected chi connectivity index (χ0v) is 14.5. The van der Waals surface area contributed by atoms with E-state index in [1.165, 1.54) is 9.87 Å². The maximum Gasteiger partial charge on any atom is 0.245 e. The van der Waals surface area contributed by atoms with Crippen molar-refractivity contribution in [1.29, 1.82) is 0 Å². The lowest BCUT2D eigenvalue weighted by Crippen LogP contribution is -2.47. The lowest BCUT2D eigenvalue weighted by Gasteiger charge is -2.38. The minimum atomic E-state index is -3.35. The first-order valence-corrected chi connectivity index (χ1v) is 9.68. The molecule has 4 rings (SSSR count). The molecule has 1 saturated heterocycles. The molecule has 0 atom stereocenters. The van der Waals surface area contributed by atoms with E-state index >= 15 is 0 Å². The number of piperidine rings is 1. The van der Waals surface area contributed by atoms with Gasteiger partial charge in [-0.15, -0.1) is 0 Å². The Labute approximate surface area is 143 Å². The first-order chi connectivity index (χ1) is 11.5. The number of para-hydroxylation sites is 1. The van der Waals surface area contributed by atoms with Gasteiger partial charge >= 0.3 is 0 Å². The number of pyridine rings is 1. The molecule has 0 saturated carbocycles. The molecule has 1 aromatic heterocycles. The summed E-state index contributed by atoms with van der Waals surface area (Å²) in [5, 5.41) is 0. The SMILES string of the molecule is CN1c2ccccc2C2(CCN(Cc3ccncc3)CC2)S1(=O)=O. The summed E-state index contributed by atoms with van der Waals surface area (Å²) in [6.07, 6.45) is 4.88. The average molecular weight is 343 g/mol. The molecule has 1 fully saturated rings. The van der Waals surface area contributed by atoms with E-state index in [-0.39, 0.29) is 0 Å². The standard InChI is InChI=1S/C18H21N3O2S/c1-20-17-5-3-2-4-16(17)18(24(20,22)23)8-12-21(13-9-18)14-15-6-10-19-11-7-15/h2-7,10-11H,8-9,12-14H2,1H3. The second kappa shape index (κ2) is 5.57. The van der Waals surface area contributed by atoms with E-state index in [2.05, 4.69) is 9.88 Å². The molecule has 2 aliphatic rings. The van der Waals surface area contributed by atoms with Crippen LogP contribution in [0.4, 0.5) is 5.69 Å². The molecule has 0 aliphatic carbocycles. The Morgan fingerprint density at radius 1 is 1.08 bits per heavy atom. The highest BCUT2D eigenvalue weighted by Gasteiger charge is 2.55. The summed E-state index contributed by atoms with van der Waals surface area (Å²) in [6.45, 7) is 2.41. The Kier molecular flexibility index (Phi) is 3.62. The van der Waals surface area contributed by atoms with Crippen molar-refractivity contribution in [2.24, 2.45) is 0 Å². The molecule has 1 aromatic carbocycles. The number of sulfonamides is 1. The van der Waals surface area contributed by atoms with Gasteiger partial charge in [0.2, 0.25) is 10.0 Å². The van der Waals surface area contributed by atoms with Gasteiger partial charge in [-0.3, -0.25) is 14.2 Å². The van der Waals surface area contributed by atoms with Crippen molar-refractivity contribution in [2.45, 2.75) is 24.1 Å². The Hall–Kier alpha value is -1.92.